The van der Waals surface area contributed by atoms with Crippen molar-refractivity contribution in [2.75, 3.05) is 6.54 Å². The first-order valence-electron chi connectivity index (χ1n) is 6.57. The minimum absolute atomic E-state index is 0. The summed E-state index contributed by atoms with van der Waals surface area (Å²) in [5.41, 5.74) is 1.26. The molecule has 2 heterocycles. The van der Waals surface area contributed by atoms with Gasteiger partial charge in [0.15, 0.2) is 0 Å². The Labute approximate surface area is 123 Å². The molecule has 3 rings (SSSR count). The zero-order valence-corrected chi connectivity index (χ0v) is 12.0. The van der Waals surface area contributed by atoms with Crippen LogP contribution in [0.3, 0.4) is 0 Å². The molecule has 4 nitrogen and oxygen atoms in total. The second kappa shape index (κ2) is 6.33. The minimum atomic E-state index is -0.250. The lowest BCUT2D eigenvalue weighted by atomic mass is 10.1. The normalized spacial score (nSPS) is 18.6. The van der Waals surface area contributed by atoms with Crippen LogP contribution >= 0.6 is 12.4 Å². The Hall–Kier alpha value is -1.46. The van der Waals surface area contributed by atoms with Crippen molar-refractivity contribution in [3.8, 4) is 11.4 Å². The Balaban J connectivity index is 0.00000147. The predicted molar refractivity (Wildman–Crippen MR) is 76.3 cm³/mol. The molecule has 0 saturated carbocycles. The lowest BCUT2D eigenvalue weighted by molar-refractivity contribution is 0.297. The van der Waals surface area contributed by atoms with Crippen molar-refractivity contribution in [1.82, 2.24) is 15.5 Å². The highest BCUT2D eigenvalue weighted by Crippen LogP contribution is 2.24. The topological polar surface area (TPSA) is 51.0 Å². The first kappa shape index (κ1) is 14.9. The third-order valence-corrected chi connectivity index (χ3v) is 3.48. The monoisotopic (exact) mass is 297 g/mol. The smallest absolute Gasteiger partial charge is 0.244 e. The van der Waals surface area contributed by atoms with Gasteiger partial charge in [0.05, 0.1) is 6.04 Å². The van der Waals surface area contributed by atoms with Crippen LogP contribution in [-0.4, -0.2) is 16.7 Å². The van der Waals surface area contributed by atoms with Crippen molar-refractivity contribution < 1.29 is 8.91 Å². The van der Waals surface area contributed by atoms with Gasteiger partial charge in [-0.3, -0.25) is 0 Å². The molecule has 1 aliphatic heterocycles. The molecule has 108 valence electrons. The molecule has 0 aliphatic carbocycles. The Morgan fingerprint density at radius 3 is 2.90 bits per heavy atom. The third-order valence-electron chi connectivity index (χ3n) is 3.48. The van der Waals surface area contributed by atoms with E-state index >= 15 is 0 Å². The van der Waals surface area contributed by atoms with E-state index in [9.17, 15) is 4.39 Å². The molecule has 0 spiro atoms. The number of aromatic nitrogens is 2. The molecule has 2 aromatic rings. The van der Waals surface area contributed by atoms with Gasteiger partial charge in [0, 0.05) is 5.56 Å². The highest BCUT2D eigenvalue weighted by molar-refractivity contribution is 5.85. The maximum atomic E-state index is 13.5. The first-order valence-corrected chi connectivity index (χ1v) is 6.57. The van der Waals surface area contributed by atoms with E-state index in [1.807, 2.05) is 0 Å². The van der Waals surface area contributed by atoms with Gasteiger partial charge >= 0.3 is 0 Å². The molecule has 20 heavy (non-hydrogen) atoms. The van der Waals surface area contributed by atoms with Crippen molar-refractivity contribution in [2.24, 2.45) is 0 Å². The van der Waals surface area contributed by atoms with E-state index in [1.54, 1.807) is 19.1 Å². The van der Waals surface area contributed by atoms with Gasteiger partial charge in [0.25, 0.3) is 0 Å². The molecule has 1 aromatic heterocycles. The number of halogens is 2. The van der Waals surface area contributed by atoms with E-state index in [2.05, 4.69) is 15.5 Å². The summed E-state index contributed by atoms with van der Waals surface area (Å²) in [6, 6.07) is 5.10. The fourth-order valence-electron chi connectivity index (χ4n) is 2.29. The van der Waals surface area contributed by atoms with Crippen LogP contribution in [0.1, 0.15) is 36.8 Å². The number of aryl methyl sites for hydroxylation is 1. The summed E-state index contributed by atoms with van der Waals surface area (Å²) in [5.74, 6) is 0.789. The van der Waals surface area contributed by atoms with Gasteiger partial charge in [-0.1, -0.05) is 23.7 Å². The second-order valence-corrected chi connectivity index (χ2v) is 4.92. The molecule has 1 aromatic carbocycles. The molecule has 0 bridgehead atoms. The van der Waals surface area contributed by atoms with Crippen LogP contribution < -0.4 is 5.32 Å². The van der Waals surface area contributed by atoms with Crippen LogP contribution in [0.15, 0.2) is 22.7 Å². The average Bonchev–Trinajstić information content (AvgIpc) is 2.93. The van der Waals surface area contributed by atoms with Crippen molar-refractivity contribution in [2.45, 2.75) is 32.2 Å². The number of nitrogens with one attached hydrogen (secondary N) is 1. The third kappa shape index (κ3) is 2.99. The van der Waals surface area contributed by atoms with Gasteiger partial charge in [-0.05, 0) is 37.9 Å². The molecule has 0 amide bonds. The molecule has 1 fully saturated rings. The van der Waals surface area contributed by atoms with Gasteiger partial charge in [-0.25, -0.2) is 4.39 Å². The minimum Gasteiger partial charge on any atom is -0.337 e. The maximum Gasteiger partial charge on any atom is 0.244 e. The lowest BCUT2D eigenvalue weighted by Crippen LogP contribution is -2.26. The molecule has 6 heteroatoms. The number of benzene rings is 1. The van der Waals surface area contributed by atoms with E-state index in [0.717, 1.165) is 19.4 Å². The largest absolute Gasteiger partial charge is 0.337 e. The fraction of sp³-hybridized carbons (Fsp3) is 0.429. The van der Waals surface area contributed by atoms with E-state index in [1.165, 1.54) is 12.5 Å². The molecule has 1 unspecified atom stereocenters. The van der Waals surface area contributed by atoms with E-state index in [0.29, 0.717) is 22.8 Å². The van der Waals surface area contributed by atoms with Crippen LogP contribution in [0.4, 0.5) is 4.39 Å². The van der Waals surface area contributed by atoms with Crippen molar-refractivity contribution >= 4 is 12.4 Å². The molecule has 0 radical (unpaired) electrons. The van der Waals surface area contributed by atoms with Crippen molar-refractivity contribution in [1.29, 1.82) is 0 Å². The summed E-state index contributed by atoms with van der Waals surface area (Å²) in [5, 5.41) is 7.29. The van der Waals surface area contributed by atoms with Gasteiger partial charge < -0.3 is 9.84 Å². The van der Waals surface area contributed by atoms with E-state index < -0.39 is 0 Å². The highest BCUT2D eigenvalue weighted by atomic mass is 35.5. The van der Waals surface area contributed by atoms with E-state index in [-0.39, 0.29) is 24.3 Å². The summed E-state index contributed by atoms with van der Waals surface area (Å²) in [4.78, 5) is 4.37. The fourth-order valence-corrected chi connectivity index (χ4v) is 2.29. The second-order valence-electron chi connectivity index (χ2n) is 4.92. The zero-order chi connectivity index (χ0) is 13.2. The molecular weight excluding hydrogens is 281 g/mol. The number of hydrogen-bond acceptors (Lipinski definition) is 4. The Kier molecular flexibility index (Phi) is 4.73. The molecule has 1 saturated heterocycles. The van der Waals surface area contributed by atoms with Crippen LogP contribution in [0.2, 0.25) is 0 Å². The highest BCUT2D eigenvalue weighted by Gasteiger charge is 2.21. The van der Waals surface area contributed by atoms with Crippen LogP contribution in [0.25, 0.3) is 11.4 Å². The van der Waals surface area contributed by atoms with Gasteiger partial charge in [0.1, 0.15) is 5.82 Å². The standard InChI is InChI=1S/C14H16FN3O.ClH/c1-9-5-6-10(8-11(9)15)13-17-14(19-18-13)12-4-2-3-7-16-12;/h5-6,8,12,16H,2-4,7H2,1H3;1H. The quantitative estimate of drug-likeness (QED) is 0.923. The summed E-state index contributed by atoms with van der Waals surface area (Å²) < 4.78 is 18.8. The van der Waals surface area contributed by atoms with Crippen LogP contribution in [0.5, 0.6) is 0 Å². The number of nitrogens with zero attached hydrogens (tertiary/aromatic N) is 2. The van der Waals surface area contributed by atoms with Gasteiger partial charge in [0.2, 0.25) is 11.7 Å². The molecular formula is C14H17ClFN3O. The Morgan fingerprint density at radius 1 is 1.35 bits per heavy atom. The maximum absolute atomic E-state index is 13.5. The summed E-state index contributed by atoms with van der Waals surface area (Å²) in [7, 11) is 0. The zero-order valence-electron chi connectivity index (χ0n) is 11.2. The Bertz CT molecular complexity index is 582. The Morgan fingerprint density at radius 2 is 2.20 bits per heavy atom. The van der Waals surface area contributed by atoms with Crippen LogP contribution in [-0.2, 0) is 0 Å². The summed E-state index contributed by atoms with van der Waals surface area (Å²) in [6.45, 7) is 2.70. The molecule has 1 N–H and O–H groups in total. The van der Waals surface area contributed by atoms with Crippen molar-refractivity contribution in [3.05, 3.63) is 35.5 Å². The molecule has 1 aliphatic rings. The number of hydrogen-bond donors (Lipinski definition) is 1. The first-order chi connectivity index (χ1) is 9.24. The van der Waals surface area contributed by atoms with Crippen LogP contribution in [0, 0.1) is 12.7 Å². The molecule has 1 atom stereocenters. The van der Waals surface area contributed by atoms with E-state index in [4.69, 9.17) is 4.52 Å². The SMILES string of the molecule is Cc1ccc(-c2noc(C3CCCCN3)n2)cc1F.Cl. The predicted octanol–water partition coefficient (Wildman–Crippen LogP) is 3.42. The lowest BCUT2D eigenvalue weighted by Gasteiger charge is -2.19. The van der Waals surface area contributed by atoms with Gasteiger partial charge in [-0.15, -0.1) is 12.4 Å². The summed E-state index contributed by atoms with van der Waals surface area (Å²) in [6.07, 6.45) is 3.35. The summed E-state index contributed by atoms with van der Waals surface area (Å²) >= 11 is 0. The van der Waals surface area contributed by atoms with Gasteiger partial charge in [-0.2, -0.15) is 4.98 Å². The average molecular weight is 298 g/mol. The number of rotatable bonds is 2. The number of piperidine rings is 1. The van der Waals surface area contributed by atoms with Crippen molar-refractivity contribution in [3.63, 3.8) is 0 Å².